The highest BCUT2D eigenvalue weighted by Gasteiger charge is 2.32. The van der Waals surface area contributed by atoms with Gasteiger partial charge in [-0.2, -0.15) is 0 Å². The van der Waals surface area contributed by atoms with E-state index in [4.69, 9.17) is 4.74 Å². The first-order valence-electron chi connectivity index (χ1n) is 6.02. The van der Waals surface area contributed by atoms with Crippen molar-refractivity contribution in [3.05, 3.63) is 12.2 Å². The highest BCUT2D eigenvalue weighted by Crippen LogP contribution is 2.26. The van der Waals surface area contributed by atoms with Crippen LogP contribution in [-0.4, -0.2) is 29.2 Å². The van der Waals surface area contributed by atoms with E-state index in [1.54, 1.807) is 0 Å². The van der Waals surface area contributed by atoms with Gasteiger partial charge >= 0.3 is 6.09 Å². The normalized spacial score (nSPS) is 21.0. The molecular formula is C13H23NO2. The number of carbonyl (C=O) groups excluding carboxylic acids is 1. The quantitative estimate of drug-likeness (QED) is 0.674. The van der Waals surface area contributed by atoms with E-state index in [0.29, 0.717) is 0 Å². The van der Waals surface area contributed by atoms with E-state index in [-0.39, 0.29) is 12.1 Å². The van der Waals surface area contributed by atoms with Gasteiger partial charge in [0.1, 0.15) is 5.60 Å². The number of carbonyl (C=O) groups is 1. The first-order chi connectivity index (χ1) is 7.35. The molecule has 16 heavy (non-hydrogen) atoms. The van der Waals surface area contributed by atoms with Crippen LogP contribution in [0.25, 0.3) is 0 Å². The van der Waals surface area contributed by atoms with E-state index in [9.17, 15) is 4.79 Å². The van der Waals surface area contributed by atoms with Gasteiger partial charge in [-0.05, 0) is 40.0 Å². The van der Waals surface area contributed by atoms with E-state index >= 15 is 0 Å². The molecule has 1 rings (SSSR count). The molecule has 3 heteroatoms. The molecule has 1 atom stereocenters. The minimum absolute atomic E-state index is 0.180. The van der Waals surface area contributed by atoms with Crippen LogP contribution in [0.2, 0.25) is 0 Å². The molecule has 0 unspecified atom stereocenters. The Balaban J connectivity index is 2.65. The van der Waals surface area contributed by atoms with Crippen LogP contribution in [0.4, 0.5) is 4.79 Å². The van der Waals surface area contributed by atoms with Crippen LogP contribution in [0.1, 0.15) is 47.0 Å². The topological polar surface area (TPSA) is 29.5 Å². The molecule has 92 valence electrons. The standard InChI is InChI=1S/C13H23NO2/c1-6-10(2)11-8-7-9-14(11)12(15)16-13(3,4)5/h11H,2,6-9H2,1,3-5H3/t11-/m1/s1. The van der Waals surface area contributed by atoms with Gasteiger partial charge in [0.25, 0.3) is 0 Å². The van der Waals surface area contributed by atoms with Gasteiger partial charge < -0.3 is 9.64 Å². The Hall–Kier alpha value is -0.990. The van der Waals surface area contributed by atoms with Gasteiger partial charge in [0.05, 0.1) is 6.04 Å². The molecule has 0 aromatic heterocycles. The molecule has 1 heterocycles. The third-order valence-corrected chi connectivity index (χ3v) is 2.81. The number of rotatable bonds is 2. The first-order valence-corrected chi connectivity index (χ1v) is 6.02. The molecule has 0 aromatic rings. The number of amides is 1. The van der Waals surface area contributed by atoms with Gasteiger partial charge in [0, 0.05) is 6.54 Å². The fourth-order valence-electron chi connectivity index (χ4n) is 1.97. The zero-order valence-electron chi connectivity index (χ0n) is 10.9. The van der Waals surface area contributed by atoms with Crippen molar-refractivity contribution in [2.45, 2.75) is 58.6 Å². The minimum atomic E-state index is -0.419. The van der Waals surface area contributed by atoms with Crippen molar-refractivity contribution in [3.8, 4) is 0 Å². The molecular weight excluding hydrogens is 202 g/mol. The van der Waals surface area contributed by atoms with Crippen LogP contribution >= 0.6 is 0 Å². The van der Waals surface area contributed by atoms with Gasteiger partial charge in [-0.3, -0.25) is 0 Å². The molecule has 0 N–H and O–H groups in total. The summed E-state index contributed by atoms with van der Waals surface area (Å²) in [7, 11) is 0. The summed E-state index contributed by atoms with van der Waals surface area (Å²) in [6, 6.07) is 0.180. The predicted molar refractivity (Wildman–Crippen MR) is 65.4 cm³/mol. The van der Waals surface area contributed by atoms with Gasteiger partial charge in [-0.1, -0.05) is 19.1 Å². The Morgan fingerprint density at radius 2 is 2.12 bits per heavy atom. The van der Waals surface area contributed by atoms with E-state index < -0.39 is 5.60 Å². The van der Waals surface area contributed by atoms with Crippen LogP contribution < -0.4 is 0 Å². The third-order valence-electron chi connectivity index (χ3n) is 2.81. The van der Waals surface area contributed by atoms with Crippen molar-refractivity contribution in [1.29, 1.82) is 0 Å². The fraction of sp³-hybridized carbons (Fsp3) is 0.769. The summed E-state index contributed by atoms with van der Waals surface area (Å²) in [5.74, 6) is 0. The van der Waals surface area contributed by atoms with Crippen LogP contribution in [0, 0.1) is 0 Å². The lowest BCUT2D eigenvalue weighted by Gasteiger charge is -2.29. The minimum Gasteiger partial charge on any atom is -0.444 e. The second-order valence-corrected chi connectivity index (χ2v) is 5.34. The van der Waals surface area contributed by atoms with Gasteiger partial charge in [-0.15, -0.1) is 0 Å². The maximum Gasteiger partial charge on any atom is 0.410 e. The molecule has 3 nitrogen and oxygen atoms in total. The fourth-order valence-corrected chi connectivity index (χ4v) is 1.97. The molecule has 0 aromatic carbocycles. The summed E-state index contributed by atoms with van der Waals surface area (Å²) in [6.45, 7) is 12.6. The summed E-state index contributed by atoms with van der Waals surface area (Å²) in [6.07, 6.45) is 2.78. The highest BCUT2D eigenvalue weighted by molar-refractivity contribution is 5.69. The number of likely N-dealkylation sites (tertiary alicyclic amines) is 1. The first kappa shape index (κ1) is 13.1. The summed E-state index contributed by atoms with van der Waals surface area (Å²) in [4.78, 5) is 13.8. The largest absolute Gasteiger partial charge is 0.444 e. The van der Waals surface area contributed by atoms with Crippen molar-refractivity contribution in [3.63, 3.8) is 0 Å². The molecule has 1 amide bonds. The van der Waals surface area contributed by atoms with Crippen LogP contribution in [0.3, 0.4) is 0 Å². The third kappa shape index (κ3) is 3.26. The number of hydrogen-bond donors (Lipinski definition) is 0. The SMILES string of the molecule is C=C(CC)[C@H]1CCCN1C(=O)OC(C)(C)C. The van der Waals surface area contributed by atoms with Gasteiger partial charge in [0.15, 0.2) is 0 Å². The summed E-state index contributed by atoms with van der Waals surface area (Å²) < 4.78 is 5.39. The van der Waals surface area contributed by atoms with Crippen LogP contribution in [0.5, 0.6) is 0 Å². The van der Waals surface area contributed by atoms with E-state index in [0.717, 1.165) is 31.4 Å². The molecule has 0 radical (unpaired) electrons. The molecule has 1 fully saturated rings. The second-order valence-electron chi connectivity index (χ2n) is 5.34. The van der Waals surface area contributed by atoms with Crippen LogP contribution in [0.15, 0.2) is 12.2 Å². The summed E-state index contributed by atoms with van der Waals surface area (Å²) in [5, 5.41) is 0. The Morgan fingerprint density at radius 3 is 2.62 bits per heavy atom. The highest BCUT2D eigenvalue weighted by atomic mass is 16.6. The Morgan fingerprint density at radius 1 is 1.50 bits per heavy atom. The van der Waals surface area contributed by atoms with E-state index in [2.05, 4.69) is 13.5 Å². The average Bonchev–Trinajstić information content (AvgIpc) is 2.62. The molecule has 0 bridgehead atoms. The lowest BCUT2D eigenvalue weighted by molar-refractivity contribution is 0.0248. The van der Waals surface area contributed by atoms with Crippen molar-refractivity contribution < 1.29 is 9.53 Å². The Bertz CT molecular complexity index is 278. The Labute approximate surface area is 98.5 Å². The zero-order chi connectivity index (χ0) is 12.3. The molecule has 0 spiro atoms. The van der Waals surface area contributed by atoms with E-state index in [1.807, 2.05) is 25.7 Å². The van der Waals surface area contributed by atoms with Crippen molar-refractivity contribution in [1.82, 2.24) is 4.90 Å². The molecule has 0 saturated carbocycles. The molecule has 1 aliphatic heterocycles. The summed E-state index contributed by atoms with van der Waals surface area (Å²) in [5.41, 5.74) is 0.709. The molecule has 1 saturated heterocycles. The second kappa shape index (κ2) is 4.89. The van der Waals surface area contributed by atoms with Crippen LogP contribution in [-0.2, 0) is 4.74 Å². The number of ether oxygens (including phenoxy) is 1. The van der Waals surface area contributed by atoms with Crippen molar-refractivity contribution in [2.24, 2.45) is 0 Å². The van der Waals surface area contributed by atoms with E-state index in [1.165, 1.54) is 0 Å². The smallest absolute Gasteiger partial charge is 0.410 e. The van der Waals surface area contributed by atoms with Gasteiger partial charge in [0.2, 0.25) is 0 Å². The lowest BCUT2D eigenvalue weighted by atomic mass is 10.0. The number of hydrogen-bond acceptors (Lipinski definition) is 2. The monoisotopic (exact) mass is 225 g/mol. The predicted octanol–water partition coefficient (Wildman–Crippen LogP) is 3.35. The lowest BCUT2D eigenvalue weighted by Crippen LogP contribution is -2.40. The Kier molecular flexibility index (Phi) is 4.00. The maximum atomic E-state index is 12.0. The summed E-state index contributed by atoms with van der Waals surface area (Å²) >= 11 is 0. The molecule has 1 aliphatic rings. The van der Waals surface area contributed by atoms with Crippen molar-refractivity contribution >= 4 is 6.09 Å². The van der Waals surface area contributed by atoms with Crippen molar-refractivity contribution in [2.75, 3.05) is 6.54 Å². The van der Waals surface area contributed by atoms with Gasteiger partial charge in [-0.25, -0.2) is 4.79 Å². The number of nitrogens with zero attached hydrogens (tertiary/aromatic N) is 1. The molecule has 0 aliphatic carbocycles. The average molecular weight is 225 g/mol. The maximum absolute atomic E-state index is 12.0. The zero-order valence-corrected chi connectivity index (χ0v) is 10.9.